The molecule has 0 unspecified atom stereocenters. The fourth-order valence-corrected chi connectivity index (χ4v) is 4.42. The van der Waals surface area contributed by atoms with Gasteiger partial charge in [0.05, 0.1) is 17.3 Å². The summed E-state index contributed by atoms with van der Waals surface area (Å²) in [5.41, 5.74) is 2.31. The van der Waals surface area contributed by atoms with E-state index in [1.807, 2.05) is 42.7 Å². The van der Waals surface area contributed by atoms with Crippen LogP contribution in [0.25, 0.3) is 22.6 Å². The van der Waals surface area contributed by atoms with Crippen LogP contribution < -0.4 is 4.90 Å². The number of carbonyl (C=O) groups is 1. The van der Waals surface area contributed by atoms with Gasteiger partial charge in [-0.05, 0) is 49.4 Å². The van der Waals surface area contributed by atoms with Crippen molar-refractivity contribution in [3.63, 3.8) is 0 Å². The highest BCUT2D eigenvalue weighted by molar-refractivity contribution is 6.05. The fraction of sp³-hybridized carbons (Fsp3) is 0.286. The Balaban J connectivity index is 1.44. The van der Waals surface area contributed by atoms with Crippen molar-refractivity contribution < 1.29 is 4.79 Å². The topological polar surface area (TPSA) is 91.6 Å². The molecule has 0 aromatic carbocycles. The average Bonchev–Trinajstić information content (AvgIpc) is 3.23. The molecular weight excluding hydrogens is 366 g/mol. The number of pyridine rings is 1. The van der Waals surface area contributed by atoms with Gasteiger partial charge in [0, 0.05) is 30.7 Å². The van der Waals surface area contributed by atoms with Crippen LogP contribution in [0.3, 0.4) is 0 Å². The van der Waals surface area contributed by atoms with E-state index in [2.05, 4.69) is 21.3 Å². The Bertz CT molecular complexity index is 1290. The number of nitriles is 1. The van der Waals surface area contributed by atoms with Crippen molar-refractivity contribution in [1.82, 2.24) is 24.2 Å². The third-order valence-corrected chi connectivity index (χ3v) is 6.11. The molecule has 6 rings (SSSR count). The zero-order valence-electron chi connectivity index (χ0n) is 15.6. The highest BCUT2D eigenvalue weighted by atomic mass is 16.2. The van der Waals surface area contributed by atoms with Crippen LogP contribution in [0.15, 0.2) is 48.9 Å². The van der Waals surface area contributed by atoms with Crippen LogP contribution >= 0.6 is 0 Å². The van der Waals surface area contributed by atoms with Crippen molar-refractivity contribution in [1.29, 1.82) is 5.26 Å². The van der Waals surface area contributed by atoms with Crippen molar-refractivity contribution in [2.24, 2.45) is 11.3 Å². The number of nitrogens with zero attached hydrogens (tertiary/aromatic N) is 7. The smallest absolute Gasteiger partial charge is 0.247 e. The predicted molar refractivity (Wildman–Crippen MR) is 105 cm³/mol. The van der Waals surface area contributed by atoms with Gasteiger partial charge >= 0.3 is 0 Å². The summed E-state index contributed by atoms with van der Waals surface area (Å²) in [7, 11) is 0. The molecule has 142 valence electrons. The quantitative estimate of drug-likeness (QED) is 0.542. The number of hydrogen-bond donors (Lipinski definition) is 0. The van der Waals surface area contributed by atoms with Gasteiger partial charge in [-0.25, -0.2) is 14.0 Å². The van der Waals surface area contributed by atoms with Crippen molar-refractivity contribution >= 4 is 22.8 Å². The number of hydrogen-bond acceptors (Lipinski definition) is 5. The Morgan fingerprint density at radius 3 is 2.90 bits per heavy atom. The van der Waals surface area contributed by atoms with E-state index in [0.717, 1.165) is 35.3 Å². The molecule has 5 heterocycles. The van der Waals surface area contributed by atoms with Crippen LogP contribution in [-0.2, 0) is 4.79 Å². The summed E-state index contributed by atoms with van der Waals surface area (Å²) < 4.78 is 3.47. The molecule has 1 saturated heterocycles. The van der Waals surface area contributed by atoms with E-state index in [4.69, 9.17) is 0 Å². The molecule has 2 fully saturated rings. The monoisotopic (exact) mass is 383 g/mol. The van der Waals surface area contributed by atoms with E-state index in [-0.39, 0.29) is 11.8 Å². The number of amides is 1. The maximum Gasteiger partial charge on any atom is 0.247 e. The molecule has 4 aromatic rings. The zero-order valence-corrected chi connectivity index (χ0v) is 15.6. The van der Waals surface area contributed by atoms with Crippen molar-refractivity contribution in [2.75, 3.05) is 11.4 Å². The number of rotatable bonds is 3. The summed E-state index contributed by atoms with van der Waals surface area (Å²) >= 11 is 0. The van der Waals surface area contributed by atoms with E-state index in [1.165, 1.54) is 0 Å². The summed E-state index contributed by atoms with van der Waals surface area (Å²) in [6.07, 6.45) is 7.92. The lowest BCUT2D eigenvalue weighted by atomic mass is 9.83. The Labute approximate surface area is 166 Å². The van der Waals surface area contributed by atoms with Gasteiger partial charge in [-0.1, -0.05) is 6.07 Å². The van der Waals surface area contributed by atoms with E-state index >= 15 is 0 Å². The molecule has 1 atom stereocenters. The van der Waals surface area contributed by atoms with Crippen molar-refractivity contribution in [2.45, 2.75) is 19.3 Å². The van der Waals surface area contributed by atoms with Crippen LogP contribution in [0.4, 0.5) is 5.69 Å². The van der Waals surface area contributed by atoms with Gasteiger partial charge in [0.25, 0.3) is 0 Å². The first-order valence-corrected chi connectivity index (χ1v) is 9.72. The number of aromatic nitrogens is 5. The van der Waals surface area contributed by atoms with Gasteiger partial charge in [-0.2, -0.15) is 10.4 Å². The van der Waals surface area contributed by atoms with E-state index in [0.29, 0.717) is 18.8 Å². The van der Waals surface area contributed by atoms with Gasteiger partial charge in [0.2, 0.25) is 5.91 Å². The standard InChI is InChI=1S/C21H17N7O/c22-13-21(15-4-5-15)7-10-26(20(21)29)16-6-8-23-28-12-14(11-17(16)28)19-24-18-3-1-2-9-27(18)25-19/h1-3,6,8-9,11-12,15H,4-5,7,10H2/t21-/m1/s1. The van der Waals surface area contributed by atoms with Gasteiger partial charge in [0.15, 0.2) is 11.5 Å². The Morgan fingerprint density at radius 1 is 1.21 bits per heavy atom. The van der Waals surface area contributed by atoms with Gasteiger partial charge < -0.3 is 4.90 Å². The Hall–Kier alpha value is -3.73. The minimum atomic E-state index is -0.862. The lowest BCUT2D eigenvalue weighted by Gasteiger charge is -2.21. The Kier molecular flexibility index (Phi) is 3.16. The minimum absolute atomic E-state index is 0.0794. The molecule has 0 N–H and O–H groups in total. The first-order chi connectivity index (χ1) is 14.2. The van der Waals surface area contributed by atoms with Crippen LogP contribution in [0, 0.1) is 22.7 Å². The predicted octanol–water partition coefficient (Wildman–Crippen LogP) is 2.70. The maximum absolute atomic E-state index is 13.2. The second-order valence-corrected chi connectivity index (χ2v) is 7.78. The molecule has 0 bridgehead atoms. The summed E-state index contributed by atoms with van der Waals surface area (Å²) in [4.78, 5) is 19.5. The third kappa shape index (κ3) is 2.24. The lowest BCUT2D eigenvalue weighted by Crippen LogP contribution is -2.35. The normalized spacial score (nSPS) is 21.9. The highest BCUT2D eigenvalue weighted by Gasteiger charge is 2.57. The molecule has 8 heteroatoms. The maximum atomic E-state index is 13.2. The summed E-state index contributed by atoms with van der Waals surface area (Å²) in [6, 6.07) is 11.9. The van der Waals surface area contributed by atoms with E-state index < -0.39 is 5.41 Å². The fourth-order valence-electron chi connectivity index (χ4n) is 4.42. The molecule has 8 nitrogen and oxygen atoms in total. The number of carbonyl (C=O) groups excluding carboxylic acids is 1. The van der Waals surface area contributed by atoms with Crippen LogP contribution in [0.2, 0.25) is 0 Å². The highest BCUT2D eigenvalue weighted by Crippen LogP contribution is 2.52. The van der Waals surface area contributed by atoms with E-state index in [1.54, 1.807) is 20.1 Å². The summed E-state index contributed by atoms with van der Waals surface area (Å²) in [5.74, 6) is 0.723. The molecular formula is C21H17N7O. The van der Waals surface area contributed by atoms with Gasteiger partial charge in [-0.3, -0.25) is 4.79 Å². The molecule has 1 amide bonds. The second kappa shape index (κ2) is 5.64. The van der Waals surface area contributed by atoms with Gasteiger partial charge in [0.1, 0.15) is 5.41 Å². The number of fused-ring (bicyclic) bond motifs is 2. The van der Waals surface area contributed by atoms with E-state index in [9.17, 15) is 10.1 Å². The largest absolute Gasteiger partial charge is 0.309 e. The lowest BCUT2D eigenvalue weighted by molar-refractivity contribution is -0.123. The molecule has 1 aliphatic heterocycles. The number of anilines is 1. The van der Waals surface area contributed by atoms with Crippen LogP contribution in [0.5, 0.6) is 0 Å². The minimum Gasteiger partial charge on any atom is -0.309 e. The first kappa shape index (κ1) is 16.2. The molecule has 0 spiro atoms. The molecule has 1 saturated carbocycles. The van der Waals surface area contributed by atoms with Crippen LogP contribution in [0.1, 0.15) is 19.3 Å². The molecule has 29 heavy (non-hydrogen) atoms. The van der Waals surface area contributed by atoms with Crippen molar-refractivity contribution in [3.8, 4) is 17.5 Å². The Morgan fingerprint density at radius 2 is 2.10 bits per heavy atom. The summed E-state index contributed by atoms with van der Waals surface area (Å²) in [5, 5.41) is 18.7. The summed E-state index contributed by atoms with van der Waals surface area (Å²) in [6.45, 7) is 0.551. The second-order valence-electron chi connectivity index (χ2n) is 7.78. The first-order valence-electron chi connectivity index (χ1n) is 9.72. The molecule has 4 aromatic heterocycles. The third-order valence-electron chi connectivity index (χ3n) is 6.11. The SMILES string of the molecule is N#C[C@@]1(C2CC2)CCN(c2ccnn3cc(-c4nc5ccccn5n4)cc23)C1=O. The van der Waals surface area contributed by atoms with Crippen LogP contribution in [-0.4, -0.2) is 36.7 Å². The molecule has 2 aliphatic rings. The van der Waals surface area contributed by atoms with Crippen molar-refractivity contribution in [3.05, 3.63) is 48.9 Å². The molecule has 1 aliphatic carbocycles. The van der Waals surface area contributed by atoms with Gasteiger partial charge in [-0.15, -0.1) is 5.10 Å². The zero-order chi connectivity index (χ0) is 19.6. The molecule has 0 radical (unpaired) electrons. The average molecular weight is 383 g/mol.